The van der Waals surface area contributed by atoms with E-state index < -0.39 is 0 Å². The zero-order chi connectivity index (χ0) is 19.3. The van der Waals surface area contributed by atoms with E-state index >= 15 is 0 Å². The second-order valence-corrected chi connectivity index (χ2v) is 8.05. The van der Waals surface area contributed by atoms with Gasteiger partial charge >= 0.3 is 0 Å². The van der Waals surface area contributed by atoms with E-state index in [1.54, 1.807) is 6.20 Å². The lowest BCUT2D eigenvalue weighted by Crippen LogP contribution is -2.44. The molecule has 0 aliphatic carbocycles. The van der Waals surface area contributed by atoms with Crippen molar-refractivity contribution in [1.29, 1.82) is 0 Å². The van der Waals surface area contributed by atoms with Crippen LogP contribution in [0.5, 0.6) is 5.75 Å². The van der Waals surface area contributed by atoms with Crippen LogP contribution >= 0.6 is 11.6 Å². The Morgan fingerprint density at radius 2 is 2.04 bits per heavy atom. The number of hydrogen-bond donors (Lipinski definition) is 3. The summed E-state index contributed by atoms with van der Waals surface area (Å²) >= 11 is 6.63. The molecule has 0 unspecified atom stereocenters. The maximum atomic E-state index is 12.3. The Labute approximate surface area is 168 Å². The van der Waals surface area contributed by atoms with Crippen LogP contribution < -0.4 is 26.0 Å². The van der Waals surface area contributed by atoms with E-state index in [1.807, 2.05) is 18.2 Å². The molecule has 1 aromatic carbocycles. The highest BCUT2D eigenvalue weighted by molar-refractivity contribution is 6.36. The molecule has 5 rings (SSSR count). The van der Waals surface area contributed by atoms with Gasteiger partial charge in [-0.1, -0.05) is 17.7 Å². The number of nitrogens with one attached hydrogen (secondary N) is 2. The minimum atomic E-state index is -0.226. The number of rotatable bonds is 2. The first-order chi connectivity index (χ1) is 13.6. The quantitative estimate of drug-likeness (QED) is 0.719. The van der Waals surface area contributed by atoms with Crippen molar-refractivity contribution in [2.75, 3.05) is 42.3 Å². The van der Waals surface area contributed by atoms with Crippen LogP contribution in [0.2, 0.25) is 5.02 Å². The number of nitrogen functional groups attached to an aromatic ring is 1. The van der Waals surface area contributed by atoms with Crippen molar-refractivity contribution in [1.82, 2.24) is 10.3 Å². The predicted molar refractivity (Wildman–Crippen MR) is 110 cm³/mol. The number of ether oxygens (including phenoxy) is 1. The highest BCUT2D eigenvalue weighted by Crippen LogP contribution is 2.45. The summed E-state index contributed by atoms with van der Waals surface area (Å²) in [5.74, 6) is 1.35. The van der Waals surface area contributed by atoms with E-state index in [1.165, 1.54) is 0 Å². The van der Waals surface area contributed by atoms with Crippen LogP contribution in [0.15, 0.2) is 24.4 Å². The predicted octanol–water partition coefficient (Wildman–Crippen LogP) is 2.85. The average Bonchev–Trinajstić information content (AvgIpc) is 3.31. The third-order valence-corrected chi connectivity index (χ3v) is 6.58. The van der Waals surface area contributed by atoms with E-state index in [-0.39, 0.29) is 11.3 Å². The Morgan fingerprint density at radius 1 is 1.21 bits per heavy atom. The zero-order valence-electron chi connectivity index (χ0n) is 15.4. The topological polar surface area (TPSA) is 92.5 Å². The van der Waals surface area contributed by atoms with E-state index in [2.05, 4.69) is 20.5 Å². The van der Waals surface area contributed by atoms with Gasteiger partial charge in [0.1, 0.15) is 16.6 Å². The molecule has 1 spiro atoms. The normalized spacial score (nSPS) is 19.9. The van der Waals surface area contributed by atoms with E-state index in [0.717, 1.165) is 67.1 Å². The third-order valence-electron chi connectivity index (χ3n) is 6.21. The highest BCUT2D eigenvalue weighted by atomic mass is 35.5. The number of amides is 1. The standard InChI is InChI=1S/C20H22ClN5O2/c21-16-17(26-7-4-20(5-8-26)3-6-23-19(20)27)13(10-24-18(16)22)12-1-2-15-14(9-12)25-11-28-15/h1-2,9-10,25H,3-8,11H2,(H2,22,24)(H,23,27). The van der Waals surface area contributed by atoms with Gasteiger partial charge in [0.25, 0.3) is 0 Å². The highest BCUT2D eigenvalue weighted by Gasteiger charge is 2.44. The molecule has 1 aromatic heterocycles. The molecule has 1 amide bonds. The lowest BCUT2D eigenvalue weighted by molar-refractivity contribution is -0.128. The minimum absolute atomic E-state index is 0.192. The summed E-state index contributed by atoms with van der Waals surface area (Å²) in [5.41, 5.74) is 9.59. The number of pyridine rings is 1. The fraction of sp³-hybridized carbons (Fsp3) is 0.400. The molecular formula is C20H22ClN5O2. The number of benzene rings is 1. The van der Waals surface area contributed by atoms with Gasteiger partial charge in [0.05, 0.1) is 16.8 Å². The molecule has 3 aliphatic heterocycles. The molecule has 2 fully saturated rings. The van der Waals surface area contributed by atoms with Gasteiger partial charge in [-0.3, -0.25) is 4.79 Å². The van der Waals surface area contributed by atoms with Gasteiger partial charge in [-0.15, -0.1) is 0 Å². The van der Waals surface area contributed by atoms with E-state index in [4.69, 9.17) is 22.1 Å². The Bertz CT molecular complexity index is 956. The minimum Gasteiger partial charge on any atom is -0.471 e. The SMILES string of the molecule is Nc1ncc(-c2ccc3c(c2)NCO3)c(N2CCC3(CCNC3=O)CC2)c1Cl. The first-order valence-corrected chi connectivity index (χ1v) is 9.93. The van der Waals surface area contributed by atoms with Crippen LogP contribution in [0, 0.1) is 5.41 Å². The number of halogens is 1. The molecule has 3 aliphatic rings. The zero-order valence-corrected chi connectivity index (χ0v) is 16.2. The molecule has 0 saturated carbocycles. The summed E-state index contributed by atoms with van der Waals surface area (Å²) < 4.78 is 5.52. The van der Waals surface area contributed by atoms with Gasteiger partial charge in [-0.25, -0.2) is 4.98 Å². The van der Waals surface area contributed by atoms with Gasteiger partial charge in [0.2, 0.25) is 5.91 Å². The van der Waals surface area contributed by atoms with Crippen LogP contribution in [0.3, 0.4) is 0 Å². The summed E-state index contributed by atoms with van der Waals surface area (Å²) in [6.45, 7) is 2.77. The van der Waals surface area contributed by atoms with Crippen molar-refractivity contribution in [2.24, 2.45) is 5.41 Å². The molecular weight excluding hydrogens is 378 g/mol. The number of carbonyl (C=O) groups excluding carboxylic acids is 1. The van der Waals surface area contributed by atoms with Gasteiger partial charge in [-0.2, -0.15) is 0 Å². The molecule has 4 heterocycles. The van der Waals surface area contributed by atoms with E-state index in [0.29, 0.717) is 17.6 Å². The third kappa shape index (κ3) is 2.64. The van der Waals surface area contributed by atoms with Gasteiger partial charge in [0, 0.05) is 31.4 Å². The second kappa shape index (κ2) is 6.44. The summed E-state index contributed by atoms with van der Waals surface area (Å²) in [7, 11) is 0. The maximum Gasteiger partial charge on any atom is 0.226 e. The number of nitrogens with two attached hydrogens (primary N) is 1. The molecule has 0 bridgehead atoms. The van der Waals surface area contributed by atoms with Gasteiger partial charge in [-0.05, 0) is 37.0 Å². The van der Waals surface area contributed by atoms with Crippen molar-refractivity contribution in [3.8, 4) is 16.9 Å². The first-order valence-electron chi connectivity index (χ1n) is 9.56. The van der Waals surface area contributed by atoms with Gasteiger partial charge < -0.3 is 26.0 Å². The largest absolute Gasteiger partial charge is 0.471 e. The van der Waals surface area contributed by atoms with Crippen molar-refractivity contribution in [3.63, 3.8) is 0 Å². The lowest BCUT2D eigenvalue weighted by atomic mass is 9.77. The molecule has 2 aromatic rings. The number of carbonyl (C=O) groups is 1. The Kier molecular flexibility index (Phi) is 4.01. The van der Waals surface area contributed by atoms with Crippen molar-refractivity contribution in [3.05, 3.63) is 29.4 Å². The fourth-order valence-electron chi connectivity index (χ4n) is 4.52. The van der Waals surface area contributed by atoms with Crippen LogP contribution in [0.1, 0.15) is 19.3 Å². The molecule has 8 heteroatoms. The number of piperidine rings is 1. The number of hydrogen-bond acceptors (Lipinski definition) is 6. The molecule has 2 saturated heterocycles. The molecule has 0 atom stereocenters. The van der Waals surface area contributed by atoms with Crippen LogP contribution in [-0.4, -0.2) is 37.3 Å². The Morgan fingerprint density at radius 3 is 2.79 bits per heavy atom. The smallest absolute Gasteiger partial charge is 0.226 e. The summed E-state index contributed by atoms with van der Waals surface area (Å²) in [6.07, 6.45) is 4.32. The summed E-state index contributed by atoms with van der Waals surface area (Å²) in [5, 5.41) is 6.67. The maximum absolute atomic E-state index is 12.3. The molecule has 28 heavy (non-hydrogen) atoms. The molecule has 4 N–H and O–H groups in total. The van der Waals surface area contributed by atoms with Crippen molar-refractivity contribution >= 4 is 34.7 Å². The number of fused-ring (bicyclic) bond motifs is 1. The summed E-state index contributed by atoms with van der Waals surface area (Å²) in [6, 6.07) is 6.01. The van der Waals surface area contributed by atoms with Crippen molar-refractivity contribution in [2.45, 2.75) is 19.3 Å². The molecule has 7 nitrogen and oxygen atoms in total. The number of aromatic nitrogens is 1. The van der Waals surface area contributed by atoms with Crippen LogP contribution in [0.4, 0.5) is 17.2 Å². The second-order valence-electron chi connectivity index (χ2n) is 7.67. The Hall–Kier alpha value is -2.67. The van der Waals surface area contributed by atoms with E-state index in [9.17, 15) is 4.79 Å². The lowest BCUT2D eigenvalue weighted by Gasteiger charge is -2.39. The van der Waals surface area contributed by atoms with Crippen molar-refractivity contribution < 1.29 is 9.53 Å². The first kappa shape index (κ1) is 17.4. The molecule has 0 radical (unpaired) electrons. The van der Waals surface area contributed by atoms with Gasteiger partial charge in [0.15, 0.2) is 6.73 Å². The fourth-order valence-corrected chi connectivity index (χ4v) is 4.79. The summed E-state index contributed by atoms with van der Waals surface area (Å²) in [4.78, 5) is 18.8. The van der Waals surface area contributed by atoms with Crippen LogP contribution in [0.25, 0.3) is 11.1 Å². The number of anilines is 3. The number of nitrogens with zero attached hydrogens (tertiary/aromatic N) is 2. The molecule has 146 valence electrons. The monoisotopic (exact) mass is 399 g/mol. The Balaban J connectivity index is 1.51. The van der Waals surface area contributed by atoms with Crippen LogP contribution in [-0.2, 0) is 4.79 Å². The average molecular weight is 400 g/mol.